The number of allylic oxidation sites excluding steroid dienone is 1. The fraction of sp³-hybridized carbons (Fsp3) is 0.739. The van der Waals surface area contributed by atoms with Gasteiger partial charge in [0.2, 0.25) is 0 Å². The van der Waals surface area contributed by atoms with Gasteiger partial charge in [-0.15, -0.1) is 0 Å². The van der Waals surface area contributed by atoms with Gasteiger partial charge in [0.15, 0.2) is 0 Å². The minimum atomic E-state index is -0.299. The van der Waals surface area contributed by atoms with Crippen LogP contribution in [0.5, 0.6) is 0 Å². The molecule has 3 fully saturated rings. The quantitative estimate of drug-likeness (QED) is 0.304. The number of rotatable bonds is 5. The van der Waals surface area contributed by atoms with E-state index in [0.717, 1.165) is 50.9 Å². The number of hydrogen-bond acceptors (Lipinski definition) is 6. The predicted molar refractivity (Wildman–Crippen MR) is 108 cm³/mol. The van der Waals surface area contributed by atoms with Crippen LogP contribution in [0.3, 0.4) is 0 Å². The van der Waals surface area contributed by atoms with Crippen molar-refractivity contribution in [3.8, 4) is 0 Å². The van der Waals surface area contributed by atoms with E-state index in [1.54, 1.807) is 0 Å². The molecule has 3 heterocycles. The van der Waals surface area contributed by atoms with Crippen LogP contribution in [0.15, 0.2) is 23.8 Å². The summed E-state index contributed by atoms with van der Waals surface area (Å²) in [5.74, 6) is -0.454. The first-order valence-corrected chi connectivity index (χ1v) is 11.1. The monoisotopic (exact) mass is 403 g/mol. The van der Waals surface area contributed by atoms with E-state index in [9.17, 15) is 9.59 Å². The van der Waals surface area contributed by atoms with Crippen LogP contribution in [0.25, 0.3) is 0 Å². The fourth-order valence-corrected chi connectivity index (χ4v) is 4.93. The molecule has 0 bridgehead atoms. The van der Waals surface area contributed by atoms with E-state index in [4.69, 9.17) is 14.2 Å². The number of likely N-dealkylation sites (tertiary alicyclic amines) is 1. The Labute approximate surface area is 173 Å². The van der Waals surface area contributed by atoms with Gasteiger partial charge in [-0.05, 0) is 64.1 Å². The van der Waals surface area contributed by atoms with Gasteiger partial charge in [0.05, 0.1) is 12.0 Å². The Kier molecular flexibility index (Phi) is 6.11. The molecular weight excluding hydrogens is 370 g/mol. The first kappa shape index (κ1) is 20.6. The first-order valence-electron chi connectivity index (χ1n) is 11.1. The number of piperidine rings is 1. The molecule has 0 aromatic heterocycles. The zero-order valence-electron chi connectivity index (χ0n) is 17.5. The van der Waals surface area contributed by atoms with Crippen molar-refractivity contribution < 1.29 is 23.8 Å². The zero-order chi connectivity index (χ0) is 20.4. The van der Waals surface area contributed by atoms with E-state index in [-0.39, 0.29) is 35.7 Å². The Hall–Kier alpha value is -1.66. The van der Waals surface area contributed by atoms with Crippen molar-refractivity contribution in [2.45, 2.75) is 76.1 Å². The molecule has 4 aliphatic rings. The number of carbonyl (C=O) groups excluding carboxylic acids is 2. The van der Waals surface area contributed by atoms with E-state index < -0.39 is 0 Å². The third-order valence-electron chi connectivity index (χ3n) is 6.94. The van der Waals surface area contributed by atoms with Gasteiger partial charge in [-0.2, -0.15) is 0 Å². The molecule has 6 nitrogen and oxygen atoms in total. The summed E-state index contributed by atoms with van der Waals surface area (Å²) in [6, 6.07) is 0. The minimum Gasteiger partial charge on any atom is -0.461 e. The summed E-state index contributed by atoms with van der Waals surface area (Å²) in [5.41, 5.74) is 1.42. The average molecular weight is 404 g/mol. The summed E-state index contributed by atoms with van der Waals surface area (Å²) in [7, 11) is 0. The van der Waals surface area contributed by atoms with Crippen LogP contribution in [-0.2, 0) is 23.8 Å². The maximum atomic E-state index is 12.2. The summed E-state index contributed by atoms with van der Waals surface area (Å²) in [5, 5.41) is 0. The highest BCUT2D eigenvalue weighted by molar-refractivity contribution is 5.91. The summed E-state index contributed by atoms with van der Waals surface area (Å²) in [4.78, 5) is 26.6. The molecule has 3 aliphatic heterocycles. The number of fused-ring (bicyclic) bond motifs is 3. The lowest BCUT2D eigenvalue weighted by atomic mass is 9.84. The highest BCUT2D eigenvalue weighted by atomic mass is 16.6. The van der Waals surface area contributed by atoms with Crippen LogP contribution >= 0.6 is 0 Å². The number of ether oxygens (including phenoxy) is 3. The average Bonchev–Trinajstić information content (AvgIpc) is 3.31. The molecule has 0 saturated carbocycles. The van der Waals surface area contributed by atoms with Gasteiger partial charge in [0.1, 0.15) is 18.8 Å². The van der Waals surface area contributed by atoms with Gasteiger partial charge in [-0.3, -0.25) is 4.79 Å². The highest BCUT2D eigenvalue weighted by Crippen LogP contribution is 2.49. The molecule has 1 aliphatic carbocycles. The first-order chi connectivity index (χ1) is 14.0. The Bertz CT molecular complexity index is 695. The number of epoxide rings is 1. The molecule has 29 heavy (non-hydrogen) atoms. The number of esters is 2. The van der Waals surface area contributed by atoms with Crippen LogP contribution < -0.4 is 0 Å². The van der Waals surface area contributed by atoms with Crippen molar-refractivity contribution >= 4 is 11.9 Å². The number of nitrogens with zero attached hydrogens (tertiary/aromatic N) is 1. The van der Waals surface area contributed by atoms with Crippen molar-refractivity contribution in [1.82, 2.24) is 4.90 Å². The van der Waals surface area contributed by atoms with Crippen LogP contribution in [-0.4, -0.2) is 60.9 Å². The minimum absolute atomic E-state index is 0.0226. The second-order valence-electron chi connectivity index (χ2n) is 9.11. The van der Waals surface area contributed by atoms with E-state index >= 15 is 0 Å². The SMILES string of the molecule is C=C1C(=O)O[C@H]2[C@H]1CCC(COC(=O)CCN1CCCCC1)=CCC[C@@]1(C)O[C@@H]21. The van der Waals surface area contributed by atoms with Gasteiger partial charge in [-0.25, -0.2) is 4.79 Å². The Morgan fingerprint density at radius 3 is 2.93 bits per heavy atom. The summed E-state index contributed by atoms with van der Waals surface area (Å²) in [6.07, 6.45) is 9.41. The largest absolute Gasteiger partial charge is 0.461 e. The van der Waals surface area contributed by atoms with Crippen molar-refractivity contribution in [3.05, 3.63) is 23.8 Å². The molecule has 4 rings (SSSR count). The molecule has 4 atom stereocenters. The van der Waals surface area contributed by atoms with Crippen LogP contribution in [0.1, 0.15) is 58.3 Å². The molecule has 6 heteroatoms. The lowest BCUT2D eigenvalue weighted by Gasteiger charge is -2.25. The molecule has 0 N–H and O–H groups in total. The van der Waals surface area contributed by atoms with Crippen molar-refractivity contribution in [2.75, 3.05) is 26.2 Å². The summed E-state index contributed by atoms with van der Waals surface area (Å²) >= 11 is 0. The van der Waals surface area contributed by atoms with Crippen LogP contribution in [0, 0.1) is 5.92 Å². The maximum absolute atomic E-state index is 12.2. The molecular formula is C23H33NO5. The summed E-state index contributed by atoms with van der Waals surface area (Å²) < 4.78 is 17.1. The van der Waals surface area contributed by atoms with Crippen molar-refractivity contribution in [1.29, 1.82) is 0 Å². The van der Waals surface area contributed by atoms with Gasteiger partial charge < -0.3 is 19.1 Å². The van der Waals surface area contributed by atoms with Crippen LogP contribution in [0.4, 0.5) is 0 Å². The topological polar surface area (TPSA) is 68.4 Å². The van der Waals surface area contributed by atoms with Gasteiger partial charge in [0, 0.05) is 18.0 Å². The second-order valence-corrected chi connectivity index (χ2v) is 9.11. The van der Waals surface area contributed by atoms with Gasteiger partial charge in [0.25, 0.3) is 0 Å². The molecule has 0 unspecified atom stereocenters. The number of hydrogen-bond donors (Lipinski definition) is 0. The van der Waals surface area contributed by atoms with Crippen molar-refractivity contribution in [3.63, 3.8) is 0 Å². The molecule has 0 amide bonds. The van der Waals surface area contributed by atoms with Gasteiger partial charge >= 0.3 is 11.9 Å². The molecule has 3 saturated heterocycles. The maximum Gasteiger partial charge on any atom is 0.334 e. The number of carbonyl (C=O) groups is 2. The zero-order valence-corrected chi connectivity index (χ0v) is 17.5. The molecule has 0 spiro atoms. The van der Waals surface area contributed by atoms with Crippen molar-refractivity contribution in [2.24, 2.45) is 5.92 Å². The van der Waals surface area contributed by atoms with Gasteiger partial charge in [-0.1, -0.05) is 19.1 Å². The van der Waals surface area contributed by atoms with E-state index in [2.05, 4.69) is 24.5 Å². The third kappa shape index (κ3) is 4.75. The predicted octanol–water partition coefficient (Wildman–Crippen LogP) is 3.16. The lowest BCUT2D eigenvalue weighted by Crippen LogP contribution is -2.32. The standard InChI is InChI=1S/C23H33NO5/c1-16-18-9-8-17(15-27-19(25)10-14-24-12-4-3-5-13-24)7-6-11-23(2)21(29-23)20(18)28-22(16)26/h7,18,20-21H,1,3-6,8-15H2,2H3/t18-,20-,21-,23+/m0/s1. The third-order valence-corrected chi connectivity index (χ3v) is 6.94. The fourth-order valence-electron chi connectivity index (χ4n) is 4.93. The summed E-state index contributed by atoms with van der Waals surface area (Å²) in [6.45, 7) is 9.34. The van der Waals surface area contributed by atoms with E-state index in [1.165, 1.54) is 19.3 Å². The smallest absolute Gasteiger partial charge is 0.334 e. The second kappa shape index (κ2) is 8.60. The lowest BCUT2D eigenvalue weighted by molar-refractivity contribution is -0.143. The normalized spacial score (nSPS) is 35.2. The Morgan fingerprint density at radius 1 is 1.34 bits per heavy atom. The van der Waals surface area contributed by atoms with Crippen LogP contribution in [0.2, 0.25) is 0 Å². The van der Waals surface area contributed by atoms with E-state index in [0.29, 0.717) is 18.6 Å². The molecule has 0 aromatic rings. The Morgan fingerprint density at radius 2 is 2.14 bits per heavy atom. The highest BCUT2D eigenvalue weighted by Gasteiger charge is 2.61. The Balaban J connectivity index is 1.30. The molecule has 0 aromatic carbocycles. The molecule has 160 valence electrons. The molecule has 0 radical (unpaired) electrons. The van der Waals surface area contributed by atoms with E-state index in [1.807, 2.05) is 0 Å².